The van der Waals surface area contributed by atoms with Crippen molar-refractivity contribution in [1.82, 2.24) is 14.8 Å². The maximum Gasteiger partial charge on any atom is 0.333 e. The predicted molar refractivity (Wildman–Crippen MR) is 126 cm³/mol. The van der Waals surface area contributed by atoms with Crippen LogP contribution in [0.4, 0.5) is 24.5 Å². The molecule has 3 heterocycles. The maximum atomic E-state index is 15.1. The van der Waals surface area contributed by atoms with Crippen molar-refractivity contribution in [2.24, 2.45) is 0 Å². The highest BCUT2D eigenvalue weighted by atomic mass is 19.3. The third-order valence-electron chi connectivity index (χ3n) is 5.68. The topological polar surface area (TPSA) is 55.6 Å². The average Bonchev–Trinajstić information content (AvgIpc) is 3.46. The minimum atomic E-state index is -2.77. The van der Waals surface area contributed by atoms with Gasteiger partial charge in [0.05, 0.1) is 50.2 Å². The molecule has 4 rings (SSSR count). The van der Waals surface area contributed by atoms with Crippen LogP contribution in [0.1, 0.15) is 13.5 Å². The Bertz CT molecular complexity index is 1320. The Balaban J connectivity index is 2.00. The van der Waals surface area contributed by atoms with Crippen LogP contribution in [-0.4, -0.2) is 42.7 Å². The number of halogens is 3. The van der Waals surface area contributed by atoms with Crippen LogP contribution in [0.15, 0.2) is 66.7 Å². The van der Waals surface area contributed by atoms with Crippen LogP contribution in [-0.2, 0) is 4.74 Å². The summed E-state index contributed by atoms with van der Waals surface area (Å²) < 4.78 is 52.9. The van der Waals surface area contributed by atoms with E-state index in [4.69, 9.17) is 9.47 Å². The van der Waals surface area contributed by atoms with Crippen molar-refractivity contribution in [2.75, 3.05) is 37.7 Å². The molecule has 2 aromatic heterocycles. The van der Waals surface area contributed by atoms with Crippen molar-refractivity contribution < 1.29 is 22.6 Å². The molecule has 0 spiro atoms. The molecule has 0 bridgehead atoms. The molecule has 0 amide bonds. The standard InChI is InChI=1S/C24H24F3N5O2/c1-6-17(25)23(20(7-2)33-4)31-13-30(3)19-11-28-18-9-21(34-5)15(8-16(18)22(19)31)14-10-29-32(12-14)24(26)27/h6-12,24H,1,13H2,2-5H3/b20-7+,23-17-. The second-order valence-corrected chi connectivity index (χ2v) is 7.57. The van der Waals surface area contributed by atoms with Gasteiger partial charge >= 0.3 is 6.55 Å². The zero-order chi connectivity index (χ0) is 24.6. The molecule has 10 heteroatoms. The number of aromatic nitrogens is 3. The molecule has 0 N–H and O–H groups in total. The molecule has 7 nitrogen and oxygen atoms in total. The highest BCUT2D eigenvalue weighted by molar-refractivity contribution is 6.04. The van der Waals surface area contributed by atoms with E-state index in [0.29, 0.717) is 50.6 Å². The molecular formula is C24H24F3N5O2. The van der Waals surface area contributed by atoms with E-state index in [9.17, 15) is 8.78 Å². The van der Waals surface area contributed by atoms with Crippen molar-refractivity contribution >= 4 is 22.3 Å². The number of fused-ring (bicyclic) bond motifs is 3. The fourth-order valence-electron chi connectivity index (χ4n) is 4.11. The number of nitrogens with zero attached hydrogens (tertiary/aromatic N) is 5. The van der Waals surface area contributed by atoms with Crippen LogP contribution < -0.4 is 14.5 Å². The summed E-state index contributed by atoms with van der Waals surface area (Å²) in [5.74, 6) is 0.245. The number of rotatable bonds is 7. The second kappa shape index (κ2) is 9.12. The molecule has 1 aliphatic rings. The molecule has 0 unspecified atom stereocenters. The Morgan fingerprint density at radius 2 is 2.00 bits per heavy atom. The first-order chi connectivity index (χ1) is 16.3. The zero-order valence-corrected chi connectivity index (χ0v) is 19.2. The number of hydrogen-bond acceptors (Lipinski definition) is 6. The van der Waals surface area contributed by atoms with Crippen molar-refractivity contribution in [1.29, 1.82) is 0 Å². The van der Waals surface area contributed by atoms with E-state index >= 15 is 4.39 Å². The van der Waals surface area contributed by atoms with Gasteiger partial charge in [0.1, 0.15) is 23.0 Å². The Kier molecular flexibility index (Phi) is 6.23. The summed E-state index contributed by atoms with van der Waals surface area (Å²) in [7, 11) is 4.84. The molecule has 0 atom stereocenters. The lowest BCUT2D eigenvalue weighted by Crippen LogP contribution is -2.29. The summed E-state index contributed by atoms with van der Waals surface area (Å²) in [5, 5.41) is 4.42. The summed E-state index contributed by atoms with van der Waals surface area (Å²) in [6.07, 6.45) is 7.11. The van der Waals surface area contributed by atoms with Crippen molar-refractivity contribution in [3.05, 3.63) is 66.7 Å². The number of ether oxygens (including phenoxy) is 2. The zero-order valence-electron chi connectivity index (χ0n) is 19.2. The van der Waals surface area contributed by atoms with E-state index in [2.05, 4.69) is 16.7 Å². The lowest BCUT2D eigenvalue weighted by atomic mass is 10.0. The van der Waals surface area contributed by atoms with Gasteiger partial charge in [-0.1, -0.05) is 6.58 Å². The largest absolute Gasteiger partial charge is 0.496 e. The molecule has 0 fully saturated rings. The molecule has 1 aliphatic heterocycles. The maximum absolute atomic E-state index is 15.1. The van der Waals surface area contributed by atoms with E-state index in [1.165, 1.54) is 26.6 Å². The van der Waals surface area contributed by atoms with Crippen molar-refractivity contribution in [2.45, 2.75) is 13.5 Å². The lowest BCUT2D eigenvalue weighted by Gasteiger charge is -2.25. The highest BCUT2D eigenvalue weighted by Crippen LogP contribution is 2.46. The molecule has 0 saturated carbocycles. The predicted octanol–water partition coefficient (Wildman–Crippen LogP) is 5.63. The lowest BCUT2D eigenvalue weighted by molar-refractivity contribution is 0.0566. The van der Waals surface area contributed by atoms with Gasteiger partial charge in [-0.15, -0.1) is 0 Å². The quantitative estimate of drug-likeness (QED) is 0.329. The first kappa shape index (κ1) is 23.2. The molecule has 178 valence electrons. The van der Waals surface area contributed by atoms with Crippen LogP contribution in [0.5, 0.6) is 5.75 Å². The molecule has 0 aliphatic carbocycles. The van der Waals surface area contributed by atoms with E-state index in [1.54, 1.807) is 36.2 Å². The molecule has 0 saturated heterocycles. The van der Waals surface area contributed by atoms with Crippen molar-refractivity contribution in [3.63, 3.8) is 0 Å². The summed E-state index contributed by atoms with van der Waals surface area (Å²) in [6.45, 7) is 2.90. The molecule has 3 aromatic rings. The van der Waals surface area contributed by atoms with Gasteiger partial charge in [0, 0.05) is 35.8 Å². The van der Waals surface area contributed by atoms with E-state index in [0.717, 1.165) is 11.8 Å². The SMILES string of the molecule is C=C/C(F)=C(\C(=C/C)OC)N1CN(C)c2cnc3cc(OC)c(-c4cnn(C(F)F)c4)cc3c21. The third-order valence-corrected chi connectivity index (χ3v) is 5.68. The second-order valence-electron chi connectivity index (χ2n) is 7.57. The monoisotopic (exact) mass is 471 g/mol. The highest BCUT2D eigenvalue weighted by Gasteiger charge is 2.32. The van der Waals surface area contributed by atoms with Crippen molar-refractivity contribution in [3.8, 4) is 16.9 Å². The number of allylic oxidation sites excluding steroid dienone is 3. The summed E-state index contributed by atoms with van der Waals surface area (Å²) >= 11 is 0. The Morgan fingerprint density at radius 3 is 2.59 bits per heavy atom. The summed E-state index contributed by atoms with van der Waals surface area (Å²) in [5.41, 5.74) is 3.29. The van der Waals surface area contributed by atoms with Gasteiger partial charge < -0.3 is 19.3 Å². The molecule has 34 heavy (non-hydrogen) atoms. The number of alkyl halides is 2. The fourth-order valence-corrected chi connectivity index (χ4v) is 4.11. The van der Waals surface area contributed by atoms with Gasteiger partial charge in [0.2, 0.25) is 0 Å². The molecule has 1 aromatic carbocycles. The summed E-state index contributed by atoms with van der Waals surface area (Å²) in [6, 6.07) is 3.52. The Hall–Kier alpha value is -3.95. The van der Waals surface area contributed by atoms with E-state index in [1.807, 2.05) is 11.9 Å². The fraction of sp³-hybridized carbons (Fsp3) is 0.250. The Labute approximate surface area is 195 Å². The minimum absolute atomic E-state index is 0.223. The average molecular weight is 471 g/mol. The van der Waals surface area contributed by atoms with Gasteiger partial charge in [-0.2, -0.15) is 13.9 Å². The number of methoxy groups -OCH3 is 2. The smallest absolute Gasteiger partial charge is 0.333 e. The number of anilines is 2. The van der Waals surface area contributed by atoms with E-state index in [-0.39, 0.29) is 5.70 Å². The molecule has 0 radical (unpaired) electrons. The number of hydrogen-bond donors (Lipinski definition) is 0. The van der Waals surface area contributed by atoms with Gasteiger partial charge in [-0.05, 0) is 25.1 Å². The first-order valence-electron chi connectivity index (χ1n) is 10.4. The van der Waals surface area contributed by atoms with Gasteiger partial charge in [-0.25, -0.2) is 9.07 Å². The number of pyridine rings is 1. The van der Waals surface area contributed by atoms with Crippen LogP contribution in [0.3, 0.4) is 0 Å². The van der Waals surface area contributed by atoms with Crippen LogP contribution in [0, 0.1) is 0 Å². The first-order valence-corrected chi connectivity index (χ1v) is 10.4. The minimum Gasteiger partial charge on any atom is -0.496 e. The third kappa shape index (κ3) is 3.74. The van der Waals surface area contributed by atoms with Crippen LogP contribution in [0.25, 0.3) is 22.0 Å². The van der Waals surface area contributed by atoms with Gasteiger partial charge in [0.15, 0.2) is 0 Å². The normalized spacial score (nSPS) is 14.5. The molecular weight excluding hydrogens is 447 g/mol. The Morgan fingerprint density at radius 1 is 1.24 bits per heavy atom. The van der Waals surface area contributed by atoms with Gasteiger partial charge in [0.25, 0.3) is 0 Å². The van der Waals surface area contributed by atoms with E-state index < -0.39 is 12.4 Å². The summed E-state index contributed by atoms with van der Waals surface area (Å²) in [4.78, 5) is 8.28. The van der Waals surface area contributed by atoms with Gasteiger partial charge in [-0.3, -0.25) is 4.98 Å². The van der Waals surface area contributed by atoms with Crippen LogP contribution >= 0.6 is 0 Å². The number of benzene rings is 1. The van der Waals surface area contributed by atoms with Crippen LogP contribution in [0.2, 0.25) is 0 Å².